The molecule has 1 fully saturated rings. The van der Waals surface area contributed by atoms with Crippen LogP contribution in [0.5, 0.6) is 0 Å². The Labute approximate surface area is 168 Å². The molecule has 0 saturated carbocycles. The molecule has 0 aliphatic carbocycles. The number of fused-ring (bicyclic) bond motifs is 1. The number of amides is 1. The molecule has 1 atom stereocenters. The van der Waals surface area contributed by atoms with Crippen LogP contribution in [0.3, 0.4) is 0 Å². The number of aromatic nitrogens is 4. The monoisotopic (exact) mass is 390 g/mol. The molecule has 3 aromatic heterocycles. The van der Waals surface area contributed by atoms with E-state index in [1.54, 1.807) is 19.3 Å². The molecule has 2 aliphatic rings. The summed E-state index contributed by atoms with van der Waals surface area (Å²) < 4.78 is 5.35. The lowest BCUT2D eigenvalue weighted by Gasteiger charge is -2.28. The minimum atomic E-state index is -0.0882. The van der Waals surface area contributed by atoms with Crippen molar-refractivity contribution in [2.45, 2.75) is 38.8 Å². The molecular weight excluding hydrogens is 368 g/mol. The third-order valence-corrected chi connectivity index (χ3v) is 5.62. The highest BCUT2D eigenvalue weighted by Crippen LogP contribution is 2.28. The minimum Gasteiger partial charge on any atom is -0.360 e. The molecule has 2 aliphatic heterocycles. The second-order valence-corrected chi connectivity index (χ2v) is 7.53. The number of nitrogens with one attached hydrogen (secondary N) is 1. The van der Waals surface area contributed by atoms with Crippen molar-refractivity contribution in [3.05, 3.63) is 59.1 Å². The van der Waals surface area contributed by atoms with Gasteiger partial charge in [0, 0.05) is 49.2 Å². The second-order valence-electron chi connectivity index (χ2n) is 7.53. The lowest BCUT2D eigenvalue weighted by Crippen LogP contribution is -2.37. The molecule has 1 amide bonds. The Kier molecular flexibility index (Phi) is 4.55. The van der Waals surface area contributed by atoms with Crippen LogP contribution in [-0.2, 0) is 13.0 Å². The minimum absolute atomic E-state index is 0.0882. The molecule has 0 spiro atoms. The van der Waals surface area contributed by atoms with Crippen LogP contribution >= 0.6 is 0 Å². The van der Waals surface area contributed by atoms with Crippen LogP contribution in [0.1, 0.15) is 52.1 Å². The first-order valence-electron chi connectivity index (χ1n) is 9.94. The zero-order valence-corrected chi connectivity index (χ0v) is 16.3. The summed E-state index contributed by atoms with van der Waals surface area (Å²) in [4.78, 5) is 28.6. The number of hydrogen-bond donors (Lipinski definition) is 1. The number of nitrogens with zero attached hydrogens (tertiary/aromatic N) is 5. The third kappa shape index (κ3) is 3.29. The molecule has 5 heterocycles. The van der Waals surface area contributed by atoms with Crippen LogP contribution in [0.4, 0.5) is 0 Å². The van der Waals surface area contributed by atoms with Gasteiger partial charge in [-0.3, -0.25) is 9.78 Å². The molecular formula is C21H22N6O2. The van der Waals surface area contributed by atoms with E-state index in [-0.39, 0.29) is 11.9 Å². The molecule has 8 nitrogen and oxygen atoms in total. The maximum Gasteiger partial charge on any atom is 0.260 e. The van der Waals surface area contributed by atoms with Gasteiger partial charge < -0.3 is 14.7 Å². The van der Waals surface area contributed by atoms with Crippen molar-refractivity contribution in [3.63, 3.8) is 0 Å². The maximum atomic E-state index is 13.3. The smallest absolute Gasteiger partial charge is 0.260 e. The Bertz CT molecular complexity index is 1040. The molecule has 148 valence electrons. The van der Waals surface area contributed by atoms with Crippen molar-refractivity contribution >= 4 is 5.91 Å². The van der Waals surface area contributed by atoms with E-state index in [4.69, 9.17) is 9.51 Å². The van der Waals surface area contributed by atoms with Gasteiger partial charge in [-0.15, -0.1) is 0 Å². The Morgan fingerprint density at radius 3 is 3.07 bits per heavy atom. The normalized spacial score (nSPS) is 18.7. The summed E-state index contributed by atoms with van der Waals surface area (Å²) in [6.07, 6.45) is 8.20. The number of rotatable bonds is 3. The van der Waals surface area contributed by atoms with Gasteiger partial charge in [0.05, 0.1) is 11.7 Å². The molecule has 0 bridgehead atoms. The van der Waals surface area contributed by atoms with Crippen molar-refractivity contribution in [1.82, 2.24) is 30.3 Å². The van der Waals surface area contributed by atoms with Gasteiger partial charge in [-0.1, -0.05) is 5.16 Å². The van der Waals surface area contributed by atoms with Crippen LogP contribution in [0.25, 0.3) is 11.3 Å². The van der Waals surface area contributed by atoms with Crippen LogP contribution in [-0.4, -0.2) is 44.0 Å². The average molecular weight is 390 g/mol. The number of aryl methyl sites for hydroxylation is 1. The van der Waals surface area contributed by atoms with E-state index in [1.807, 2.05) is 23.2 Å². The van der Waals surface area contributed by atoms with Gasteiger partial charge in [-0.2, -0.15) is 0 Å². The van der Waals surface area contributed by atoms with Crippen LogP contribution < -0.4 is 5.32 Å². The van der Waals surface area contributed by atoms with E-state index in [1.165, 1.54) is 0 Å². The van der Waals surface area contributed by atoms with Gasteiger partial charge in [-0.05, 0) is 38.4 Å². The first kappa shape index (κ1) is 17.9. The number of pyridine rings is 1. The predicted octanol–water partition coefficient (Wildman–Crippen LogP) is 2.46. The zero-order chi connectivity index (χ0) is 19.8. The van der Waals surface area contributed by atoms with Crippen molar-refractivity contribution < 1.29 is 9.32 Å². The summed E-state index contributed by atoms with van der Waals surface area (Å²) in [6, 6.07) is 3.94. The fourth-order valence-corrected chi connectivity index (χ4v) is 4.06. The van der Waals surface area contributed by atoms with Crippen molar-refractivity contribution in [2.75, 3.05) is 13.1 Å². The van der Waals surface area contributed by atoms with E-state index in [0.717, 1.165) is 48.5 Å². The summed E-state index contributed by atoms with van der Waals surface area (Å²) in [5.41, 5.74) is 3.84. The van der Waals surface area contributed by atoms with Gasteiger partial charge >= 0.3 is 0 Å². The van der Waals surface area contributed by atoms with Gasteiger partial charge in [0.2, 0.25) is 0 Å². The largest absolute Gasteiger partial charge is 0.360 e. The van der Waals surface area contributed by atoms with Crippen LogP contribution in [0, 0.1) is 6.92 Å². The molecule has 29 heavy (non-hydrogen) atoms. The van der Waals surface area contributed by atoms with E-state index in [2.05, 4.69) is 20.4 Å². The molecule has 1 N–H and O–H groups in total. The summed E-state index contributed by atoms with van der Waals surface area (Å²) in [7, 11) is 0. The SMILES string of the molecule is Cc1onc(-c2cccnc2)c1C(=O)N1CCc2nc([C@@H]3CCCN3)ncc2C1. The maximum absolute atomic E-state index is 13.3. The quantitative estimate of drug-likeness (QED) is 0.734. The Morgan fingerprint density at radius 2 is 2.28 bits per heavy atom. The van der Waals surface area contributed by atoms with Crippen LogP contribution in [0.15, 0.2) is 35.2 Å². The van der Waals surface area contributed by atoms with Crippen molar-refractivity contribution in [2.24, 2.45) is 0 Å². The number of hydrogen-bond acceptors (Lipinski definition) is 7. The van der Waals surface area contributed by atoms with Crippen LogP contribution in [0.2, 0.25) is 0 Å². The first-order valence-corrected chi connectivity index (χ1v) is 9.94. The lowest BCUT2D eigenvalue weighted by atomic mass is 10.0. The van der Waals surface area contributed by atoms with E-state index in [9.17, 15) is 4.79 Å². The van der Waals surface area contributed by atoms with E-state index < -0.39 is 0 Å². The predicted molar refractivity (Wildman–Crippen MR) is 105 cm³/mol. The molecule has 3 aromatic rings. The number of carbonyl (C=O) groups excluding carboxylic acids is 1. The molecule has 0 radical (unpaired) electrons. The van der Waals surface area contributed by atoms with Gasteiger partial charge in [0.15, 0.2) is 0 Å². The summed E-state index contributed by atoms with van der Waals surface area (Å²) in [5.74, 6) is 1.29. The fraction of sp³-hybridized carbons (Fsp3) is 0.381. The highest BCUT2D eigenvalue weighted by molar-refractivity contribution is 6.00. The van der Waals surface area contributed by atoms with Gasteiger partial charge in [-0.25, -0.2) is 9.97 Å². The molecule has 5 rings (SSSR count). The van der Waals surface area contributed by atoms with E-state index >= 15 is 0 Å². The molecule has 1 saturated heterocycles. The Balaban J connectivity index is 1.40. The standard InChI is InChI=1S/C21H22N6O2/c1-13-18(19(26-29-13)14-4-2-7-22-10-14)21(28)27-9-6-16-15(12-27)11-24-20(25-16)17-5-3-8-23-17/h2,4,7,10-11,17,23H,3,5-6,8-9,12H2,1H3/t17-/m0/s1. The van der Waals surface area contributed by atoms with Gasteiger partial charge in [0.25, 0.3) is 5.91 Å². The summed E-state index contributed by atoms with van der Waals surface area (Å²) in [6.45, 7) is 3.88. The first-order chi connectivity index (χ1) is 14.2. The number of carbonyl (C=O) groups is 1. The summed E-state index contributed by atoms with van der Waals surface area (Å²) >= 11 is 0. The lowest BCUT2D eigenvalue weighted by molar-refractivity contribution is 0.0732. The average Bonchev–Trinajstić information content (AvgIpc) is 3.43. The summed E-state index contributed by atoms with van der Waals surface area (Å²) in [5, 5.41) is 7.55. The second kappa shape index (κ2) is 7.36. The van der Waals surface area contributed by atoms with E-state index in [0.29, 0.717) is 30.1 Å². The van der Waals surface area contributed by atoms with Crippen molar-refractivity contribution in [1.29, 1.82) is 0 Å². The highest BCUT2D eigenvalue weighted by Gasteiger charge is 2.30. The highest BCUT2D eigenvalue weighted by atomic mass is 16.5. The Hall–Kier alpha value is -3.13. The zero-order valence-electron chi connectivity index (χ0n) is 16.3. The fourth-order valence-electron chi connectivity index (χ4n) is 4.06. The molecule has 0 unspecified atom stereocenters. The third-order valence-electron chi connectivity index (χ3n) is 5.62. The van der Waals surface area contributed by atoms with Crippen molar-refractivity contribution in [3.8, 4) is 11.3 Å². The Morgan fingerprint density at radius 1 is 1.34 bits per heavy atom. The topological polar surface area (TPSA) is 97.0 Å². The molecule has 8 heteroatoms. The molecule has 0 aromatic carbocycles. The van der Waals surface area contributed by atoms with Gasteiger partial charge in [0.1, 0.15) is 22.8 Å².